The van der Waals surface area contributed by atoms with Crippen molar-refractivity contribution in [1.82, 2.24) is 10.7 Å². The minimum absolute atomic E-state index is 0.00674. The van der Waals surface area contributed by atoms with E-state index in [-0.39, 0.29) is 22.0 Å². The minimum Gasteiger partial charge on any atom is -0.507 e. The smallest absolute Gasteiger partial charge is 0.287 e. The summed E-state index contributed by atoms with van der Waals surface area (Å²) in [5, 5.41) is 16.8. The first-order chi connectivity index (χ1) is 17.3. The quantitative estimate of drug-likeness (QED) is 0.178. The van der Waals surface area contributed by atoms with Gasteiger partial charge in [-0.1, -0.05) is 51.8 Å². The maximum atomic E-state index is 13.0. The molecule has 3 N–H and O–H groups in total. The highest BCUT2D eigenvalue weighted by Crippen LogP contribution is 2.20. The summed E-state index contributed by atoms with van der Waals surface area (Å²) in [5.74, 6) is -1.17. The molecule has 0 aliphatic heterocycles. The second-order valence-corrected chi connectivity index (χ2v) is 8.98. The first kappa shape index (κ1) is 27.0. The van der Waals surface area contributed by atoms with Gasteiger partial charge in [0.25, 0.3) is 11.8 Å². The van der Waals surface area contributed by atoms with Crippen LogP contribution in [0.2, 0.25) is 5.02 Å². The summed E-state index contributed by atoms with van der Waals surface area (Å²) in [6.45, 7) is 5.91. The van der Waals surface area contributed by atoms with Gasteiger partial charge in [-0.3, -0.25) is 9.59 Å². The van der Waals surface area contributed by atoms with Crippen molar-refractivity contribution in [1.29, 1.82) is 0 Å². The number of nitrogens with zero attached hydrogens (tertiary/aromatic N) is 2. The number of benzene rings is 3. The van der Waals surface area contributed by atoms with Gasteiger partial charge in [0.15, 0.2) is 0 Å². The Morgan fingerprint density at radius 1 is 1.06 bits per heavy atom. The molecular formula is C27H26BrClN4O3. The molecule has 0 radical (unpaired) electrons. The van der Waals surface area contributed by atoms with E-state index in [1.807, 2.05) is 24.3 Å². The second-order valence-electron chi connectivity index (χ2n) is 7.66. The molecule has 0 fully saturated rings. The summed E-state index contributed by atoms with van der Waals surface area (Å²) in [5.41, 5.74) is 4.78. The Balaban J connectivity index is 1.87. The number of halogens is 2. The molecular weight excluding hydrogens is 544 g/mol. The highest BCUT2D eigenvalue weighted by atomic mass is 79.9. The number of anilines is 1. The van der Waals surface area contributed by atoms with E-state index < -0.39 is 11.8 Å². The molecule has 3 rings (SSSR count). The molecule has 0 bridgehead atoms. The average Bonchev–Trinajstić information content (AvgIpc) is 2.87. The zero-order valence-corrected chi connectivity index (χ0v) is 22.2. The lowest BCUT2D eigenvalue weighted by Crippen LogP contribution is -2.33. The number of nitrogens with one attached hydrogen (secondary N) is 2. The van der Waals surface area contributed by atoms with E-state index in [4.69, 9.17) is 11.6 Å². The van der Waals surface area contributed by atoms with Crippen molar-refractivity contribution in [3.63, 3.8) is 0 Å². The zero-order valence-electron chi connectivity index (χ0n) is 19.8. The molecule has 9 heteroatoms. The van der Waals surface area contributed by atoms with E-state index in [1.54, 1.807) is 42.5 Å². The largest absolute Gasteiger partial charge is 0.507 e. The summed E-state index contributed by atoms with van der Waals surface area (Å²) in [6.07, 6.45) is 2.87. The van der Waals surface area contributed by atoms with E-state index >= 15 is 0 Å². The Morgan fingerprint density at radius 2 is 1.75 bits per heavy atom. The molecule has 3 aromatic carbocycles. The summed E-state index contributed by atoms with van der Waals surface area (Å²) < 4.78 is 0.744. The van der Waals surface area contributed by atoms with Crippen molar-refractivity contribution < 1.29 is 14.7 Å². The number of aromatic hydroxyl groups is 1. The number of phenols is 1. The number of hydrogen-bond donors (Lipinski definition) is 3. The van der Waals surface area contributed by atoms with Crippen LogP contribution in [0.5, 0.6) is 5.75 Å². The van der Waals surface area contributed by atoms with E-state index in [2.05, 4.69) is 50.5 Å². The van der Waals surface area contributed by atoms with Gasteiger partial charge in [0, 0.05) is 28.8 Å². The molecule has 0 heterocycles. The molecule has 0 aliphatic rings. The summed E-state index contributed by atoms with van der Waals surface area (Å²) in [6, 6.07) is 19.1. The Morgan fingerprint density at radius 3 is 2.42 bits per heavy atom. The van der Waals surface area contributed by atoms with Gasteiger partial charge >= 0.3 is 0 Å². The lowest BCUT2D eigenvalue weighted by Gasteiger charge is -2.21. The van der Waals surface area contributed by atoms with Crippen LogP contribution in [0.1, 0.15) is 35.3 Å². The predicted octanol–water partition coefficient (Wildman–Crippen LogP) is 5.58. The van der Waals surface area contributed by atoms with Gasteiger partial charge in [-0.25, -0.2) is 5.43 Å². The van der Waals surface area contributed by atoms with Crippen LogP contribution in [0.4, 0.5) is 5.69 Å². The fourth-order valence-electron chi connectivity index (χ4n) is 3.38. The van der Waals surface area contributed by atoms with Crippen LogP contribution >= 0.6 is 27.5 Å². The fraction of sp³-hybridized carbons (Fsp3) is 0.148. The number of amides is 2. The van der Waals surface area contributed by atoms with Crippen LogP contribution in [0.3, 0.4) is 0 Å². The lowest BCUT2D eigenvalue weighted by molar-refractivity contribution is -0.117. The third-order valence-corrected chi connectivity index (χ3v) is 6.13. The standard InChI is InChI=1S/C27H26BrClN4O3/c1-3-33(4-2)21-12-9-18(10-13-21)15-24(31-26(35)22-7-5-6-8-23(22)29)27(36)32-30-17-19-16-20(28)11-14-25(19)34/h5-17,34H,3-4H2,1-2H3,(H,31,35)(H,32,36)/b24-15-,30-17-. The molecule has 2 amide bonds. The average molecular weight is 570 g/mol. The van der Waals surface area contributed by atoms with Gasteiger partial charge in [0.2, 0.25) is 0 Å². The number of hydrogen-bond acceptors (Lipinski definition) is 5. The Kier molecular flexibility index (Phi) is 9.67. The van der Waals surface area contributed by atoms with Gasteiger partial charge in [-0.05, 0) is 68.0 Å². The number of phenolic OH excluding ortho intramolecular Hbond substituents is 1. The number of carbonyl (C=O) groups is 2. The maximum absolute atomic E-state index is 13.0. The molecule has 36 heavy (non-hydrogen) atoms. The highest BCUT2D eigenvalue weighted by molar-refractivity contribution is 9.10. The van der Waals surface area contributed by atoms with Gasteiger partial charge in [-0.15, -0.1) is 0 Å². The summed E-state index contributed by atoms with van der Waals surface area (Å²) in [4.78, 5) is 28.1. The van der Waals surface area contributed by atoms with Crippen molar-refractivity contribution in [2.75, 3.05) is 18.0 Å². The van der Waals surface area contributed by atoms with E-state index in [1.165, 1.54) is 12.3 Å². The van der Waals surface area contributed by atoms with Crippen LogP contribution in [0, 0.1) is 0 Å². The maximum Gasteiger partial charge on any atom is 0.287 e. The van der Waals surface area contributed by atoms with E-state index in [9.17, 15) is 14.7 Å². The topological polar surface area (TPSA) is 94.0 Å². The molecule has 0 saturated heterocycles. The van der Waals surface area contributed by atoms with Crippen molar-refractivity contribution in [2.24, 2.45) is 5.10 Å². The molecule has 0 unspecified atom stereocenters. The third kappa shape index (κ3) is 7.19. The van der Waals surface area contributed by atoms with Crippen molar-refractivity contribution in [3.8, 4) is 5.75 Å². The molecule has 0 atom stereocenters. The highest BCUT2D eigenvalue weighted by Gasteiger charge is 2.16. The molecule has 0 spiro atoms. The lowest BCUT2D eigenvalue weighted by atomic mass is 10.1. The Hall–Kier alpha value is -3.62. The van der Waals surface area contributed by atoms with E-state index in [0.29, 0.717) is 11.1 Å². The van der Waals surface area contributed by atoms with Gasteiger partial charge in [0.05, 0.1) is 16.8 Å². The van der Waals surface area contributed by atoms with Crippen molar-refractivity contribution in [2.45, 2.75) is 13.8 Å². The first-order valence-corrected chi connectivity index (χ1v) is 12.4. The number of carbonyl (C=O) groups excluding carboxylic acids is 2. The van der Waals surface area contributed by atoms with Crippen LogP contribution in [-0.4, -0.2) is 36.2 Å². The summed E-state index contributed by atoms with van der Waals surface area (Å²) in [7, 11) is 0. The molecule has 0 aromatic heterocycles. The number of rotatable bonds is 9. The third-order valence-electron chi connectivity index (χ3n) is 5.30. The fourth-order valence-corrected chi connectivity index (χ4v) is 3.98. The van der Waals surface area contributed by atoms with Gasteiger partial charge < -0.3 is 15.3 Å². The van der Waals surface area contributed by atoms with Crippen molar-refractivity contribution >= 4 is 57.3 Å². The normalized spacial score (nSPS) is 11.4. The van der Waals surface area contributed by atoms with Crippen LogP contribution in [-0.2, 0) is 4.79 Å². The van der Waals surface area contributed by atoms with E-state index in [0.717, 1.165) is 23.2 Å². The number of hydrazone groups is 1. The summed E-state index contributed by atoms with van der Waals surface area (Å²) >= 11 is 9.48. The van der Waals surface area contributed by atoms with Crippen LogP contribution in [0.25, 0.3) is 6.08 Å². The monoisotopic (exact) mass is 568 g/mol. The van der Waals surface area contributed by atoms with Crippen LogP contribution in [0.15, 0.2) is 82.0 Å². The molecule has 186 valence electrons. The van der Waals surface area contributed by atoms with Gasteiger partial charge in [-0.2, -0.15) is 5.10 Å². The van der Waals surface area contributed by atoms with Crippen LogP contribution < -0.4 is 15.6 Å². The predicted molar refractivity (Wildman–Crippen MR) is 148 cm³/mol. The minimum atomic E-state index is -0.644. The Bertz CT molecular complexity index is 1290. The van der Waals surface area contributed by atoms with Crippen molar-refractivity contribution in [3.05, 3.63) is 98.6 Å². The molecule has 3 aromatic rings. The zero-order chi connectivity index (χ0) is 26.1. The molecule has 7 nitrogen and oxygen atoms in total. The Labute approximate surface area is 223 Å². The first-order valence-electron chi connectivity index (χ1n) is 11.3. The molecule has 0 aliphatic carbocycles. The second kappa shape index (κ2) is 12.9. The van der Waals surface area contributed by atoms with Gasteiger partial charge in [0.1, 0.15) is 11.4 Å². The molecule has 0 saturated carbocycles. The SMILES string of the molecule is CCN(CC)c1ccc(/C=C(\NC(=O)c2ccccc2Cl)C(=O)N/N=C\c2cc(Br)ccc2O)cc1.